The average molecular weight is 423 g/mol. The standard InChI is InChI=1S/C30H62/c1-5-8-10-12-14-15-16-18-20-22-27-30(28-24-23-25-29(4)7-3)26-21-19-17-13-11-9-6-2/h29-30H,5-28H2,1-4H3. The van der Waals surface area contributed by atoms with Crippen LogP contribution in [0.5, 0.6) is 0 Å². The second kappa shape index (κ2) is 25.3. The lowest BCUT2D eigenvalue weighted by Gasteiger charge is -2.17. The molecule has 0 N–H and O–H groups in total. The molecule has 2 atom stereocenters. The summed E-state index contributed by atoms with van der Waals surface area (Å²) in [4.78, 5) is 0. The van der Waals surface area contributed by atoms with Crippen molar-refractivity contribution in [2.45, 2.75) is 182 Å². The molecule has 0 radical (unpaired) electrons. The summed E-state index contributed by atoms with van der Waals surface area (Å²) in [6, 6.07) is 0. The molecule has 0 saturated carbocycles. The number of hydrogen-bond donors (Lipinski definition) is 0. The van der Waals surface area contributed by atoms with Gasteiger partial charge in [0.25, 0.3) is 0 Å². The maximum absolute atomic E-state index is 2.43. The SMILES string of the molecule is CCCCCCCCCCCCC(CCCCCCCCC)CCCCC(C)CC. The van der Waals surface area contributed by atoms with Crippen LogP contribution in [0.25, 0.3) is 0 Å². The lowest BCUT2D eigenvalue weighted by atomic mass is 9.89. The molecule has 0 fully saturated rings. The molecular weight excluding hydrogens is 360 g/mol. The fourth-order valence-electron chi connectivity index (χ4n) is 4.87. The third kappa shape index (κ3) is 22.7. The minimum absolute atomic E-state index is 0.938. The van der Waals surface area contributed by atoms with Crippen molar-refractivity contribution in [1.82, 2.24) is 0 Å². The van der Waals surface area contributed by atoms with E-state index in [2.05, 4.69) is 27.7 Å². The van der Waals surface area contributed by atoms with Gasteiger partial charge in [-0.2, -0.15) is 0 Å². The Balaban J connectivity index is 3.82. The predicted molar refractivity (Wildman–Crippen MR) is 140 cm³/mol. The minimum Gasteiger partial charge on any atom is -0.0654 e. The van der Waals surface area contributed by atoms with Gasteiger partial charge in [0.2, 0.25) is 0 Å². The zero-order chi connectivity index (χ0) is 22.1. The third-order valence-corrected chi connectivity index (χ3v) is 7.44. The topological polar surface area (TPSA) is 0 Å². The summed E-state index contributed by atoms with van der Waals surface area (Å²) >= 11 is 0. The van der Waals surface area contributed by atoms with Gasteiger partial charge in [0, 0.05) is 0 Å². The van der Waals surface area contributed by atoms with Gasteiger partial charge in [-0.05, 0) is 11.8 Å². The first kappa shape index (κ1) is 30.0. The van der Waals surface area contributed by atoms with Crippen LogP contribution in [0.4, 0.5) is 0 Å². The van der Waals surface area contributed by atoms with E-state index in [0.29, 0.717) is 0 Å². The summed E-state index contributed by atoms with van der Waals surface area (Å²) in [6.07, 6.45) is 35.3. The summed E-state index contributed by atoms with van der Waals surface area (Å²) in [5.74, 6) is 1.97. The highest BCUT2D eigenvalue weighted by Crippen LogP contribution is 2.25. The monoisotopic (exact) mass is 422 g/mol. The summed E-state index contributed by atoms with van der Waals surface area (Å²) in [6.45, 7) is 9.41. The third-order valence-electron chi connectivity index (χ3n) is 7.44. The van der Waals surface area contributed by atoms with E-state index >= 15 is 0 Å². The van der Waals surface area contributed by atoms with Gasteiger partial charge in [-0.1, -0.05) is 182 Å². The van der Waals surface area contributed by atoms with Crippen molar-refractivity contribution < 1.29 is 0 Å². The Morgan fingerprint density at radius 3 is 1.03 bits per heavy atom. The Labute approximate surface area is 193 Å². The van der Waals surface area contributed by atoms with Gasteiger partial charge in [-0.3, -0.25) is 0 Å². The van der Waals surface area contributed by atoms with Crippen LogP contribution in [0.15, 0.2) is 0 Å². The van der Waals surface area contributed by atoms with Gasteiger partial charge in [-0.25, -0.2) is 0 Å². The van der Waals surface area contributed by atoms with Crippen molar-refractivity contribution in [2.75, 3.05) is 0 Å². The molecular formula is C30H62. The Bertz CT molecular complexity index is 294. The molecule has 30 heavy (non-hydrogen) atoms. The Hall–Kier alpha value is 0. The van der Waals surface area contributed by atoms with Crippen molar-refractivity contribution in [1.29, 1.82) is 0 Å². The molecule has 0 bridgehead atoms. The van der Waals surface area contributed by atoms with Gasteiger partial charge in [0.05, 0.1) is 0 Å². The maximum Gasteiger partial charge on any atom is -0.0414 e. The van der Waals surface area contributed by atoms with Crippen LogP contribution in [0.3, 0.4) is 0 Å². The number of hydrogen-bond acceptors (Lipinski definition) is 0. The zero-order valence-electron chi connectivity index (χ0n) is 22.1. The van der Waals surface area contributed by atoms with E-state index in [1.807, 2.05) is 0 Å². The Morgan fingerprint density at radius 2 is 0.667 bits per heavy atom. The summed E-state index contributed by atoms with van der Waals surface area (Å²) < 4.78 is 0. The Morgan fingerprint density at radius 1 is 0.367 bits per heavy atom. The first-order chi connectivity index (χ1) is 14.7. The van der Waals surface area contributed by atoms with Crippen LogP contribution in [-0.2, 0) is 0 Å². The van der Waals surface area contributed by atoms with Crippen molar-refractivity contribution >= 4 is 0 Å². The van der Waals surface area contributed by atoms with Crippen LogP contribution in [-0.4, -0.2) is 0 Å². The molecule has 0 aliphatic carbocycles. The second-order valence-electron chi connectivity index (χ2n) is 10.5. The van der Waals surface area contributed by atoms with Crippen LogP contribution >= 0.6 is 0 Å². The van der Waals surface area contributed by atoms with E-state index < -0.39 is 0 Å². The molecule has 0 aromatic rings. The highest BCUT2D eigenvalue weighted by molar-refractivity contribution is 4.63. The van der Waals surface area contributed by atoms with E-state index in [-0.39, 0.29) is 0 Å². The average Bonchev–Trinajstić information content (AvgIpc) is 2.76. The first-order valence-corrected chi connectivity index (χ1v) is 14.7. The van der Waals surface area contributed by atoms with E-state index in [1.165, 1.54) is 154 Å². The molecule has 0 saturated heterocycles. The van der Waals surface area contributed by atoms with Gasteiger partial charge < -0.3 is 0 Å². The molecule has 0 nitrogen and oxygen atoms in total. The van der Waals surface area contributed by atoms with Crippen LogP contribution in [0, 0.1) is 11.8 Å². The minimum atomic E-state index is 0.938. The molecule has 0 amide bonds. The molecule has 0 heteroatoms. The van der Waals surface area contributed by atoms with Crippen LogP contribution in [0.2, 0.25) is 0 Å². The van der Waals surface area contributed by atoms with E-state index in [1.54, 1.807) is 0 Å². The van der Waals surface area contributed by atoms with Gasteiger partial charge in [-0.15, -0.1) is 0 Å². The largest absolute Gasteiger partial charge is 0.0654 e. The molecule has 182 valence electrons. The van der Waals surface area contributed by atoms with Gasteiger partial charge >= 0.3 is 0 Å². The van der Waals surface area contributed by atoms with Crippen molar-refractivity contribution in [3.05, 3.63) is 0 Å². The number of rotatable bonds is 25. The van der Waals surface area contributed by atoms with Crippen molar-refractivity contribution in [3.63, 3.8) is 0 Å². The summed E-state index contributed by atoms with van der Waals surface area (Å²) in [5.41, 5.74) is 0. The second-order valence-corrected chi connectivity index (χ2v) is 10.5. The predicted octanol–water partition coefficient (Wildman–Crippen LogP) is 11.7. The lowest BCUT2D eigenvalue weighted by molar-refractivity contribution is 0.359. The molecule has 2 unspecified atom stereocenters. The van der Waals surface area contributed by atoms with E-state index in [4.69, 9.17) is 0 Å². The van der Waals surface area contributed by atoms with Crippen LogP contribution < -0.4 is 0 Å². The molecule has 0 aliphatic rings. The molecule has 0 aromatic heterocycles. The maximum atomic E-state index is 2.43. The smallest absolute Gasteiger partial charge is 0.0414 e. The summed E-state index contributed by atoms with van der Waals surface area (Å²) in [7, 11) is 0. The molecule has 0 heterocycles. The first-order valence-electron chi connectivity index (χ1n) is 14.7. The fraction of sp³-hybridized carbons (Fsp3) is 1.00. The quantitative estimate of drug-likeness (QED) is 0.128. The fourth-order valence-corrected chi connectivity index (χ4v) is 4.87. The number of unbranched alkanes of at least 4 members (excludes halogenated alkanes) is 16. The van der Waals surface area contributed by atoms with E-state index in [9.17, 15) is 0 Å². The van der Waals surface area contributed by atoms with Gasteiger partial charge in [0.1, 0.15) is 0 Å². The summed E-state index contributed by atoms with van der Waals surface area (Å²) in [5, 5.41) is 0. The normalized spacial score (nSPS) is 13.6. The Kier molecular flexibility index (Phi) is 25.3. The highest BCUT2D eigenvalue weighted by Gasteiger charge is 2.09. The molecule has 0 aromatic carbocycles. The van der Waals surface area contributed by atoms with Crippen molar-refractivity contribution in [3.8, 4) is 0 Å². The molecule has 0 spiro atoms. The zero-order valence-corrected chi connectivity index (χ0v) is 22.1. The van der Waals surface area contributed by atoms with Crippen LogP contribution in [0.1, 0.15) is 182 Å². The molecule has 0 aliphatic heterocycles. The van der Waals surface area contributed by atoms with E-state index in [0.717, 1.165) is 11.8 Å². The molecule has 0 rings (SSSR count). The lowest BCUT2D eigenvalue weighted by Crippen LogP contribution is -2.02. The van der Waals surface area contributed by atoms with Gasteiger partial charge in [0.15, 0.2) is 0 Å². The van der Waals surface area contributed by atoms with Crippen molar-refractivity contribution in [2.24, 2.45) is 11.8 Å². The highest BCUT2D eigenvalue weighted by atomic mass is 14.2.